The predicted octanol–water partition coefficient (Wildman–Crippen LogP) is 2.58. The number of rotatable bonds is 7. The summed E-state index contributed by atoms with van der Waals surface area (Å²) in [6, 6.07) is 15.4. The van der Waals surface area contributed by atoms with Crippen molar-refractivity contribution in [3.63, 3.8) is 0 Å². The lowest BCUT2D eigenvalue weighted by Gasteiger charge is -2.28. The van der Waals surface area contributed by atoms with Gasteiger partial charge < -0.3 is 29.2 Å². The number of nitrogens with zero attached hydrogens (tertiary/aromatic N) is 3. The van der Waals surface area contributed by atoms with Crippen molar-refractivity contribution in [3.8, 4) is 5.75 Å². The highest BCUT2D eigenvalue weighted by atomic mass is 16.5. The van der Waals surface area contributed by atoms with Gasteiger partial charge in [-0.15, -0.1) is 0 Å². The van der Waals surface area contributed by atoms with Crippen molar-refractivity contribution in [1.82, 2.24) is 9.47 Å². The Labute approximate surface area is 187 Å². The van der Waals surface area contributed by atoms with E-state index in [-0.39, 0.29) is 24.9 Å². The van der Waals surface area contributed by atoms with Crippen molar-refractivity contribution < 1.29 is 19.1 Å². The van der Waals surface area contributed by atoms with Crippen LogP contribution in [0.25, 0.3) is 10.9 Å². The van der Waals surface area contributed by atoms with Crippen LogP contribution in [0, 0.1) is 0 Å². The first kappa shape index (κ1) is 21.7. The van der Waals surface area contributed by atoms with Crippen LogP contribution in [0.2, 0.25) is 0 Å². The maximum Gasteiger partial charge on any atom is 0.243 e. The van der Waals surface area contributed by atoms with Crippen LogP contribution in [0.4, 0.5) is 11.4 Å². The number of hydrogen-bond acceptors (Lipinski definition) is 5. The van der Waals surface area contributed by atoms with E-state index in [1.807, 2.05) is 59.3 Å². The topological polar surface area (TPSA) is 76.0 Å². The maximum atomic E-state index is 12.7. The van der Waals surface area contributed by atoms with Gasteiger partial charge in [0.25, 0.3) is 0 Å². The fourth-order valence-electron chi connectivity index (χ4n) is 3.79. The molecule has 2 heterocycles. The molecule has 8 nitrogen and oxygen atoms in total. The SMILES string of the molecule is COc1ccc2c(ccn2CC(=O)N(C)CC(=O)Nc2ccc(N3CCOCC3)cc2)c1. The number of carbonyl (C=O) groups excluding carboxylic acids is 2. The molecule has 0 spiro atoms. The van der Waals surface area contributed by atoms with Gasteiger partial charge in [-0.3, -0.25) is 9.59 Å². The lowest BCUT2D eigenvalue weighted by atomic mass is 10.2. The molecule has 0 saturated carbocycles. The highest BCUT2D eigenvalue weighted by molar-refractivity contribution is 5.94. The highest BCUT2D eigenvalue weighted by Crippen LogP contribution is 2.22. The first-order valence-corrected chi connectivity index (χ1v) is 10.6. The molecule has 0 radical (unpaired) electrons. The standard InChI is InChI=1S/C24H28N4O4/c1-26(24(30)17-28-10-9-18-15-21(31-2)7-8-22(18)28)16-23(29)25-19-3-5-20(6-4-19)27-11-13-32-14-12-27/h3-10,15H,11-14,16-17H2,1-2H3,(H,25,29). The van der Waals surface area contributed by atoms with E-state index < -0.39 is 0 Å². The molecule has 0 unspecified atom stereocenters. The number of ether oxygens (including phenoxy) is 2. The van der Waals surface area contributed by atoms with Crippen molar-refractivity contribution in [2.24, 2.45) is 0 Å². The Morgan fingerprint density at radius 2 is 1.84 bits per heavy atom. The monoisotopic (exact) mass is 436 g/mol. The third-order valence-corrected chi connectivity index (χ3v) is 5.62. The van der Waals surface area contributed by atoms with Gasteiger partial charge in [-0.05, 0) is 48.5 Å². The summed E-state index contributed by atoms with van der Waals surface area (Å²) >= 11 is 0. The van der Waals surface area contributed by atoms with E-state index in [1.165, 1.54) is 4.90 Å². The van der Waals surface area contributed by atoms with E-state index in [9.17, 15) is 9.59 Å². The molecule has 8 heteroatoms. The Hall–Kier alpha value is -3.52. The quantitative estimate of drug-likeness (QED) is 0.616. The van der Waals surface area contributed by atoms with E-state index in [0.29, 0.717) is 5.69 Å². The minimum Gasteiger partial charge on any atom is -0.497 e. The molecule has 32 heavy (non-hydrogen) atoms. The van der Waals surface area contributed by atoms with Gasteiger partial charge >= 0.3 is 0 Å². The smallest absolute Gasteiger partial charge is 0.243 e. The van der Waals surface area contributed by atoms with Crippen molar-refractivity contribution in [1.29, 1.82) is 0 Å². The minimum atomic E-state index is -0.234. The number of nitrogens with one attached hydrogen (secondary N) is 1. The van der Waals surface area contributed by atoms with E-state index in [1.54, 1.807) is 14.2 Å². The highest BCUT2D eigenvalue weighted by Gasteiger charge is 2.15. The molecule has 168 valence electrons. The van der Waals surface area contributed by atoms with Crippen LogP contribution in [-0.2, 0) is 20.9 Å². The van der Waals surface area contributed by atoms with E-state index >= 15 is 0 Å². The van der Waals surface area contributed by atoms with Gasteiger partial charge in [-0.25, -0.2) is 0 Å². The van der Waals surface area contributed by atoms with E-state index in [4.69, 9.17) is 9.47 Å². The van der Waals surface area contributed by atoms with Crippen LogP contribution in [-0.4, -0.2) is 68.3 Å². The average Bonchev–Trinajstić information content (AvgIpc) is 3.21. The van der Waals surface area contributed by atoms with Crippen LogP contribution in [0.5, 0.6) is 5.75 Å². The van der Waals surface area contributed by atoms with Gasteiger partial charge in [-0.1, -0.05) is 0 Å². The summed E-state index contributed by atoms with van der Waals surface area (Å²) in [6.07, 6.45) is 1.87. The molecule has 2 aromatic carbocycles. The Morgan fingerprint density at radius 1 is 1.09 bits per heavy atom. The summed E-state index contributed by atoms with van der Waals surface area (Å²) < 4.78 is 12.5. The Morgan fingerprint density at radius 3 is 2.56 bits per heavy atom. The number of morpholine rings is 1. The summed E-state index contributed by atoms with van der Waals surface area (Å²) in [4.78, 5) is 28.8. The molecule has 1 fully saturated rings. The summed E-state index contributed by atoms with van der Waals surface area (Å²) in [7, 11) is 3.26. The molecule has 1 saturated heterocycles. The molecule has 4 rings (SSSR count). The van der Waals surface area contributed by atoms with Crippen LogP contribution in [0.1, 0.15) is 0 Å². The molecule has 1 N–H and O–H groups in total. The first-order valence-electron chi connectivity index (χ1n) is 10.6. The summed E-state index contributed by atoms with van der Waals surface area (Å²) in [5.41, 5.74) is 2.76. The molecule has 0 aliphatic carbocycles. The fourth-order valence-corrected chi connectivity index (χ4v) is 3.79. The average molecular weight is 437 g/mol. The second-order valence-electron chi connectivity index (χ2n) is 7.81. The van der Waals surface area contributed by atoms with Crippen molar-refractivity contribution in [2.45, 2.75) is 6.54 Å². The zero-order valence-electron chi connectivity index (χ0n) is 18.4. The molecule has 1 aliphatic rings. The summed E-state index contributed by atoms with van der Waals surface area (Å²) in [6.45, 7) is 3.33. The molecule has 0 bridgehead atoms. The van der Waals surface area contributed by atoms with Crippen molar-refractivity contribution in [2.75, 3.05) is 57.2 Å². The van der Waals surface area contributed by atoms with Gasteiger partial charge in [0.2, 0.25) is 11.8 Å². The third-order valence-electron chi connectivity index (χ3n) is 5.62. The summed E-state index contributed by atoms with van der Waals surface area (Å²) in [5, 5.41) is 3.86. The van der Waals surface area contributed by atoms with Crippen LogP contribution >= 0.6 is 0 Å². The van der Waals surface area contributed by atoms with Gasteiger partial charge in [0.05, 0.1) is 26.9 Å². The Kier molecular flexibility index (Phi) is 6.61. The number of anilines is 2. The molecular weight excluding hydrogens is 408 g/mol. The molecule has 2 amide bonds. The van der Waals surface area contributed by atoms with Gasteiger partial charge in [0.15, 0.2) is 0 Å². The number of methoxy groups -OCH3 is 1. The first-order chi connectivity index (χ1) is 15.5. The molecule has 1 aliphatic heterocycles. The molecule has 3 aromatic rings. The number of carbonyl (C=O) groups is 2. The van der Waals surface area contributed by atoms with Gasteiger partial charge in [-0.2, -0.15) is 0 Å². The number of benzene rings is 2. The number of likely N-dealkylation sites (N-methyl/N-ethyl adjacent to an activating group) is 1. The predicted molar refractivity (Wildman–Crippen MR) is 124 cm³/mol. The number of aromatic nitrogens is 1. The van der Waals surface area contributed by atoms with Gasteiger partial charge in [0, 0.05) is 48.6 Å². The second-order valence-corrected chi connectivity index (χ2v) is 7.81. The second kappa shape index (κ2) is 9.74. The third kappa shape index (κ3) is 5.03. The fraction of sp³-hybridized carbons (Fsp3) is 0.333. The molecule has 0 atom stereocenters. The zero-order valence-corrected chi connectivity index (χ0v) is 18.4. The Balaban J connectivity index is 1.30. The Bertz CT molecular complexity index is 1090. The van der Waals surface area contributed by atoms with Crippen molar-refractivity contribution >= 4 is 34.1 Å². The van der Waals surface area contributed by atoms with Crippen LogP contribution < -0.4 is 15.0 Å². The van der Waals surface area contributed by atoms with Crippen molar-refractivity contribution in [3.05, 3.63) is 54.7 Å². The number of hydrogen-bond donors (Lipinski definition) is 1. The molecular formula is C24H28N4O4. The minimum absolute atomic E-state index is 0.0168. The number of amides is 2. The van der Waals surface area contributed by atoms with Crippen LogP contribution in [0.3, 0.4) is 0 Å². The largest absolute Gasteiger partial charge is 0.497 e. The van der Waals surface area contributed by atoms with E-state index in [0.717, 1.165) is 48.6 Å². The number of fused-ring (bicyclic) bond motifs is 1. The maximum absolute atomic E-state index is 12.7. The van der Waals surface area contributed by atoms with E-state index in [2.05, 4.69) is 10.2 Å². The summed E-state index contributed by atoms with van der Waals surface area (Å²) in [5.74, 6) is 0.395. The molecule has 1 aromatic heterocycles. The lowest BCUT2D eigenvalue weighted by Crippen LogP contribution is -2.37. The van der Waals surface area contributed by atoms with Gasteiger partial charge in [0.1, 0.15) is 12.3 Å². The lowest BCUT2D eigenvalue weighted by molar-refractivity contribution is -0.133. The zero-order chi connectivity index (χ0) is 22.5. The normalized spacial score (nSPS) is 13.8. The van der Waals surface area contributed by atoms with Crippen LogP contribution in [0.15, 0.2) is 54.7 Å².